The van der Waals surface area contributed by atoms with Crippen LogP contribution in [0.4, 0.5) is 0 Å². The number of nitrogens with one attached hydrogen (secondary N) is 1. The number of rotatable bonds is 3. The number of aliphatic hydroxyl groups is 1. The van der Waals surface area contributed by atoms with Crippen molar-refractivity contribution in [3.8, 4) is 0 Å². The summed E-state index contributed by atoms with van der Waals surface area (Å²) in [6, 6.07) is 3.29. The number of hydrogen-bond acceptors (Lipinski definition) is 5. The Balaban J connectivity index is 2.03. The lowest BCUT2D eigenvalue weighted by Gasteiger charge is -2.31. The molecule has 5 nitrogen and oxygen atoms in total. The Morgan fingerprint density at radius 1 is 1.53 bits per heavy atom. The minimum atomic E-state index is -0.726. The summed E-state index contributed by atoms with van der Waals surface area (Å²) in [5, 5.41) is 13.5. The summed E-state index contributed by atoms with van der Waals surface area (Å²) in [7, 11) is 1.31. The van der Waals surface area contributed by atoms with Crippen LogP contribution in [-0.2, 0) is 11.2 Å². The van der Waals surface area contributed by atoms with Crippen molar-refractivity contribution >= 4 is 5.97 Å². The highest BCUT2D eigenvalue weighted by Crippen LogP contribution is 2.24. The topological polar surface area (TPSA) is 71.7 Å². The third kappa shape index (κ3) is 2.87. The molecule has 5 heteroatoms. The SMILES string of the molecule is COC(=O)c1ccc(CC2(O)CCNCC2)o1. The van der Waals surface area contributed by atoms with Crippen molar-refractivity contribution in [3.05, 3.63) is 23.7 Å². The van der Waals surface area contributed by atoms with Gasteiger partial charge in [0.15, 0.2) is 0 Å². The zero-order valence-corrected chi connectivity index (χ0v) is 9.86. The largest absolute Gasteiger partial charge is 0.463 e. The lowest BCUT2D eigenvalue weighted by Crippen LogP contribution is -2.43. The minimum Gasteiger partial charge on any atom is -0.463 e. The van der Waals surface area contributed by atoms with E-state index < -0.39 is 11.6 Å². The molecule has 0 amide bonds. The molecule has 0 spiro atoms. The van der Waals surface area contributed by atoms with E-state index in [0.29, 0.717) is 25.0 Å². The number of piperidine rings is 1. The quantitative estimate of drug-likeness (QED) is 0.761. The molecule has 2 rings (SSSR count). The van der Waals surface area contributed by atoms with Gasteiger partial charge in [-0.1, -0.05) is 0 Å². The van der Waals surface area contributed by atoms with E-state index in [-0.39, 0.29) is 5.76 Å². The van der Waals surface area contributed by atoms with Crippen molar-refractivity contribution in [3.63, 3.8) is 0 Å². The van der Waals surface area contributed by atoms with Gasteiger partial charge in [-0.15, -0.1) is 0 Å². The maximum Gasteiger partial charge on any atom is 0.373 e. The monoisotopic (exact) mass is 239 g/mol. The third-order valence-electron chi connectivity index (χ3n) is 3.09. The molecule has 0 aromatic carbocycles. The summed E-state index contributed by atoms with van der Waals surface area (Å²) >= 11 is 0. The van der Waals surface area contributed by atoms with Gasteiger partial charge in [-0.25, -0.2) is 4.79 Å². The fraction of sp³-hybridized carbons (Fsp3) is 0.583. The van der Waals surface area contributed by atoms with Crippen LogP contribution < -0.4 is 5.32 Å². The molecule has 1 aromatic heterocycles. The Morgan fingerprint density at radius 3 is 2.88 bits per heavy atom. The van der Waals surface area contributed by atoms with Gasteiger partial charge >= 0.3 is 5.97 Å². The average Bonchev–Trinajstić information content (AvgIpc) is 2.76. The van der Waals surface area contributed by atoms with Gasteiger partial charge in [-0.2, -0.15) is 0 Å². The third-order valence-corrected chi connectivity index (χ3v) is 3.09. The highest BCUT2D eigenvalue weighted by atomic mass is 16.5. The van der Waals surface area contributed by atoms with Crippen LogP contribution in [0, 0.1) is 0 Å². The number of esters is 1. The fourth-order valence-corrected chi connectivity index (χ4v) is 2.08. The molecule has 1 aliphatic rings. The van der Waals surface area contributed by atoms with Gasteiger partial charge in [-0.05, 0) is 38.1 Å². The molecule has 1 saturated heterocycles. The van der Waals surface area contributed by atoms with E-state index >= 15 is 0 Å². The predicted molar refractivity (Wildman–Crippen MR) is 60.8 cm³/mol. The molecule has 0 radical (unpaired) electrons. The molecule has 1 aromatic rings. The molecular formula is C12H17NO4. The smallest absolute Gasteiger partial charge is 0.373 e. The minimum absolute atomic E-state index is 0.181. The van der Waals surface area contributed by atoms with Gasteiger partial charge in [0, 0.05) is 6.42 Å². The highest BCUT2D eigenvalue weighted by molar-refractivity contribution is 5.86. The van der Waals surface area contributed by atoms with Crippen LogP contribution in [-0.4, -0.2) is 36.9 Å². The van der Waals surface area contributed by atoms with E-state index in [9.17, 15) is 9.90 Å². The number of ether oxygens (including phenoxy) is 1. The lowest BCUT2D eigenvalue weighted by molar-refractivity contribution is 0.00606. The molecule has 2 heterocycles. The van der Waals surface area contributed by atoms with E-state index in [1.807, 2.05) is 0 Å². The molecule has 0 atom stereocenters. The predicted octanol–water partition coefficient (Wildman–Crippen LogP) is 0.723. The number of carbonyl (C=O) groups excluding carboxylic acids is 1. The van der Waals surface area contributed by atoms with Crippen LogP contribution in [0.1, 0.15) is 29.2 Å². The molecule has 0 saturated carbocycles. The van der Waals surface area contributed by atoms with Gasteiger partial charge in [0.05, 0.1) is 12.7 Å². The molecule has 0 bridgehead atoms. The van der Waals surface area contributed by atoms with Gasteiger partial charge in [0.1, 0.15) is 5.76 Å². The van der Waals surface area contributed by atoms with Crippen LogP contribution in [0.2, 0.25) is 0 Å². The molecule has 0 unspecified atom stereocenters. The second-order valence-electron chi connectivity index (χ2n) is 4.41. The van der Waals surface area contributed by atoms with Crippen molar-refractivity contribution in [2.45, 2.75) is 24.9 Å². The summed E-state index contributed by atoms with van der Waals surface area (Å²) in [5.41, 5.74) is -0.726. The zero-order valence-electron chi connectivity index (χ0n) is 9.86. The first kappa shape index (κ1) is 12.1. The number of carbonyl (C=O) groups is 1. The Labute approximate surface area is 99.8 Å². The summed E-state index contributed by atoms with van der Waals surface area (Å²) in [6.45, 7) is 1.61. The standard InChI is InChI=1S/C12H17NO4/c1-16-11(14)10-3-2-9(17-10)8-12(15)4-6-13-7-5-12/h2-3,13,15H,4-8H2,1H3. The van der Waals surface area contributed by atoms with Crippen molar-refractivity contribution in [2.75, 3.05) is 20.2 Å². The first-order chi connectivity index (χ1) is 8.13. The second-order valence-corrected chi connectivity index (χ2v) is 4.41. The first-order valence-electron chi connectivity index (χ1n) is 5.73. The summed E-state index contributed by atoms with van der Waals surface area (Å²) in [6.07, 6.45) is 1.83. The molecule has 1 aliphatic heterocycles. The van der Waals surface area contributed by atoms with Crippen molar-refractivity contribution in [2.24, 2.45) is 0 Å². The van der Waals surface area contributed by atoms with Gasteiger partial charge in [0.25, 0.3) is 0 Å². The second kappa shape index (κ2) is 4.89. The van der Waals surface area contributed by atoms with Crippen LogP contribution in [0.25, 0.3) is 0 Å². The Bertz CT molecular complexity index is 393. The zero-order chi connectivity index (χ0) is 12.3. The van der Waals surface area contributed by atoms with Crippen molar-refractivity contribution < 1.29 is 19.1 Å². The van der Waals surface area contributed by atoms with Crippen LogP contribution in [0.3, 0.4) is 0 Å². The maximum absolute atomic E-state index is 11.2. The average molecular weight is 239 g/mol. The highest BCUT2D eigenvalue weighted by Gasteiger charge is 2.30. The molecule has 94 valence electrons. The van der Waals surface area contributed by atoms with Gasteiger partial charge in [0.2, 0.25) is 5.76 Å². The Hall–Kier alpha value is -1.33. The van der Waals surface area contributed by atoms with Crippen LogP contribution in [0.5, 0.6) is 0 Å². The summed E-state index contributed by atoms with van der Waals surface area (Å²) in [4.78, 5) is 11.2. The molecule has 2 N–H and O–H groups in total. The number of methoxy groups -OCH3 is 1. The summed E-state index contributed by atoms with van der Waals surface area (Å²) < 4.78 is 9.91. The van der Waals surface area contributed by atoms with E-state index in [1.165, 1.54) is 7.11 Å². The number of hydrogen-bond donors (Lipinski definition) is 2. The van der Waals surface area contributed by atoms with E-state index in [0.717, 1.165) is 13.1 Å². The van der Waals surface area contributed by atoms with E-state index in [1.54, 1.807) is 12.1 Å². The molecule has 1 fully saturated rings. The molecule has 17 heavy (non-hydrogen) atoms. The van der Waals surface area contributed by atoms with Crippen LogP contribution in [0.15, 0.2) is 16.5 Å². The Kier molecular flexibility index (Phi) is 3.49. The van der Waals surface area contributed by atoms with Gasteiger partial charge < -0.3 is 19.6 Å². The van der Waals surface area contributed by atoms with Crippen LogP contribution >= 0.6 is 0 Å². The first-order valence-corrected chi connectivity index (χ1v) is 5.73. The van der Waals surface area contributed by atoms with E-state index in [2.05, 4.69) is 10.1 Å². The number of furan rings is 1. The summed E-state index contributed by atoms with van der Waals surface area (Å²) in [5.74, 6) is 0.309. The van der Waals surface area contributed by atoms with Crippen molar-refractivity contribution in [1.29, 1.82) is 0 Å². The Morgan fingerprint density at radius 2 is 2.24 bits per heavy atom. The lowest BCUT2D eigenvalue weighted by atomic mass is 9.88. The fourth-order valence-electron chi connectivity index (χ4n) is 2.08. The normalized spacial score (nSPS) is 18.9. The molecular weight excluding hydrogens is 222 g/mol. The van der Waals surface area contributed by atoms with E-state index in [4.69, 9.17) is 4.42 Å². The van der Waals surface area contributed by atoms with Crippen molar-refractivity contribution in [1.82, 2.24) is 5.32 Å². The van der Waals surface area contributed by atoms with Gasteiger partial charge in [-0.3, -0.25) is 0 Å². The molecule has 0 aliphatic carbocycles. The maximum atomic E-state index is 11.2.